The third kappa shape index (κ3) is 2.76. The molecule has 1 heterocycles. The molecule has 1 aromatic carbocycles. The number of nitrogens with zero attached hydrogens (tertiary/aromatic N) is 3. The molecule has 1 unspecified atom stereocenters. The van der Waals surface area contributed by atoms with Gasteiger partial charge in [-0.05, 0) is 17.5 Å². The Kier molecular flexibility index (Phi) is 3.48. The molecule has 1 atom stereocenters. The third-order valence-electron chi connectivity index (χ3n) is 3.17. The summed E-state index contributed by atoms with van der Waals surface area (Å²) in [5.74, 6) is 0.906. The number of hydrogen-bond acceptors (Lipinski definition) is 3. The van der Waals surface area contributed by atoms with Gasteiger partial charge in [0.25, 0.3) is 0 Å². The van der Waals surface area contributed by atoms with E-state index in [0.717, 1.165) is 17.9 Å². The van der Waals surface area contributed by atoms with Crippen molar-refractivity contribution < 1.29 is 0 Å². The minimum Gasteiger partial charge on any atom is -0.327 e. The molecule has 2 N–H and O–H groups in total. The van der Waals surface area contributed by atoms with Gasteiger partial charge < -0.3 is 5.73 Å². The van der Waals surface area contributed by atoms with Crippen molar-refractivity contribution in [2.75, 3.05) is 0 Å². The van der Waals surface area contributed by atoms with E-state index in [1.54, 1.807) is 6.33 Å². The van der Waals surface area contributed by atoms with Gasteiger partial charge in [-0.2, -0.15) is 0 Å². The highest BCUT2D eigenvalue weighted by molar-refractivity contribution is 5.32. The smallest absolute Gasteiger partial charge is 0.138 e. The van der Waals surface area contributed by atoms with Crippen LogP contribution >= 0.6 is 0 Å². The van der Waals surface area contributed by atoms with Crippen molar-refractivity contribution >= 4 is 0 Å². The Labute approximate surface area is 108 Å². The lowest BCUT2D eigenvalue weighted by Crippen LogP contribution is -2.37. The minimum atomic E-state index is 0.0594. The lowest BCUT2D eigenvalue weighted by atomic mass is 9.85. The number of nitrogens with two attached hydrogens (primary N) is 1. The van der Waals surface area contributed by atoms with Crippen molar-refractivity contribution in [3.8, 4) is 5.69 Å². The van der Waals surface area contributed by atoms with Gasteiger partial charge in [-0.3, -0.25) is 4.57 Å². The summed E-state index contributed by atoms with van der Waals surface area (Å²) in [4.78, 5) is 0. The van der Waals surface area contributed by atoms with Gasteiger partial charge in [0.2, 0.25) is 0 Å². The normalized spacial score (nSPS) is 13.6. The van der Waals surface area contributed by atoms with Crippen LogP contribution in [0.3, 0.4) is 0 Å². The van der Waals surface area contributed by atoms with Crippen molar-refractivity contribution in [1.82, 2.24) is 14.8 Å². The zero-order valence-corrected chi connectivity index (χ0v) is 11.2. The Morgan fingerprint density at radius 2 is 1.89 bits per heavy atom. The zero-order chi connectivity index (χ0) is 13.2. The molecule has 0 fully saturated rings. The zero-order valence-electron chi connectivity index (χ0n) is 11.2. The van der Waals surface area contributed by atoms with Crippen LogP contribution in [0.25, 0.3) is 5.69 Å². The van der Waals surface area contributed by atoms with E-state index >= 15 is 0 Å². The van der Waals surface area contributed by atoms with E-state index in [-0.39, 0.29) is 11.5 Å². The van der Waals surface area contributed by atoms with Crippen LogP contribution in [-0.2, 0) is 6.42 Å². The molecule has 0 spiro atoms. The van der Waals surface area contributed by atoms with Gasteiger partial charge in [-0.25, -0.2) is 0 Å². The fourth-order valence-electron chi connectivity index (χ4n) is 1.71. The summed E-state index contributed by atoms with van der Waals surface area (Å²) < 4.78 is 1.99. The number of aromatic nitrogens is 3. The number of rotatable bonds is 3. The number of hydrogen-bond donors (Lipinski definition) is 1. The molecule has 0 radical (unpaired) electrons. The van der Waals surface area contributed by atoms with Crippen LogP contribution in [0.2, 0.25) is 0 Å². The molecule has 4 nitrogen and oxygen atoms in total. The van der Waals surface area contributed by atoms with Crippen molar-refractivity contribution in [1.29, 1.82) is 0 Å². The van der Waals surface area contributed by atoms with E-state index in [2.05, 4.69) is 31.0 Å². The van der Waals surface area contributed by atoms with Gasteiger partial charge in [0.05, 0.1) is 0 Å². The van der Waals surface area contributed by atoms with E-state index in [9.17, 15) is 0 Å². The maximum Gasteiger partial charge on any atom is 0.138 e. The van der Waals surface area contributed by atoms with Gasteiger partial charge in [-0.1, -0.05) is 39.0 Å². The van der Waals surface area contributed by atoms with E-state index in [0.29, 0.717) is 0 Å². The van der Waals surface area contributed by atoms with Crippen molar-refractivity contribution in [3.63, 3.8) is 0 Å². The molecule has 2 aromatic rings. The largest absolute Gasteiger partial charge is 0.327 e. The monoisotopic (exact) mass is 244 g/mol. The molecule has 4 heteroatoms. The molecule has 18 heavy (non-hydrogen) atoms. The summed E-state index contributed by atoms with van der Waals surface area (Å²) in [5, 5.41) is 8.17. The Morgan fingerprint density at radius 3 is 2.50 bits per heavy atom. The molecule has 0 amide bonds. The molecule has 96 valence electrons. The Hall–Kier alpha value is -1.68. The molecule has 2 rings (SSSR count). The maximum atomic E-state index is 6.21. The summed E-state index contributed by atoms with van der Waals surface area (Å²) in [6.45, 7) is 6.42. The summed E-state index contributed by atoms with van der Waals surface area (Å²) in [5.41, 5.74) is 7.34. The van der Waals surface area contributed by atoms with Crippen LogP contribution in [0.1, 0.15) is 26.6 Å². The van der Waals surface area contributed by atoms with Crippen LogP contribution in [0.15, 0.2) is 36.7 Å². The lowest BCUT2D eigenvalue weighted by molar-refractivity contribution is 0.314. The molecule has 0 aliphatic rings. The second-order valence-electron chi connectivity index (χ2n) is 5.63. The average molecular weight is 244 g/mol. The predicted octanol–water partition coefficient (Wildman–Crippen LogP) is 2.18. The number of para-hydroxylation sites is 1. The molecule has 0 saturated heterocycles. The summed E-state index contributed by atoms with van der Waals surface area (Å²) in [6.07, 6.45) is 2.46. The SMILES string of the molecule is CC(C)(C)C(N)Cc1nncn1-c1ccccc1. The lowest BCUT2D eigenvalue weighted by Gasteiger charge is -2.26. The molecular weight excluding hydrogens is 224 g/mol. The Bertz CT molecular complexity index is 496. The van der Waals surface area contributed by atoms with Crippen LogP contribution in [0, 0.1) is 5.41 Å². The third-order valence-corrected chi connectivity index (χ3v) is 3.17. The molecule has 0 saturated carbocycles. The van der Waals surface area contributed by atoms with Gasteiger partial charge in [0.1, 0.15) is 12.2 Å². The first-order chi connectivity index (χ1) is 8.48. The number of benzene rings is 1. The first kappa shape index (κ1) is 12.8. The van der Waals surface area contributed by atoms with Crippen molar-refractivity contribution in [2.24, 2.45) is 11.1 Å². The van der Waals surface area contributed by atoms with Crippen molar-refractivity contribution in [3.05, 3.63) is 42.5 Å². The van der Waals surface area contributed by atoms with Crippen LogP contribution in [0.5, 0.6) is 0 Å². The maximum absolute atomic E-state index is 6.21. The van der Waals surface area contributed by atoms with E-state index in [1.165, 1.54) is 0 Å². The molecular formula is C14H20N4. The topological polar surface area (TPSA) is 56.7 Å². The fourth-order valence-corrected chi connectivity index (χ4v) is 1.71. The quantitative estimate of drug-likeness (QED) is 0.900. The van der Waals surface area contributed by atoms with E-state index in [4.69, 9.17) is 5.73 Å². The standard InChI is InChI=1S/C14H20N4/c1-14(2,3)12(15)9-13-17-16-10-18(13)11-7-5-4-6-8-11/h4-8,10,12H,9,15H2,1-3H3. The van der Waals surface area contributed by atoms with Gasteiger partial charge in [0, 0.05) is 18.2 Å². The highest BCUT2D eigenvalue weighted by Gasteiger charge is 2.23. The molecule has 0 aliphatic carbocycles. The van der Waals surface area contributed by atoms with Crippen molar-refractivity contribution in [2.45, 2.75) is 33.2 Å². The Morgan fingerprint density at radius 1 is 1.22 bits per heavy atom. The highest BCUT2D eigenvalue weighted by atomic mass is 15.3. The second-order valence-corrected chi connectivity index (χ2v) is 5.63. The second kappa shape index (κ2) is 4.90. The van der Waals surface area contributed by atoms with E-state index < -0.39 is 0 Å². The van der Waals surface area contributed by atoms with E-state index in [1.807, 2.05) is 34.9 Å². The highest BCUT2D eigenvalue weighted by Crippen LogP contribution is 2.21. The molecule has 0 aliphatic heterocycles. The predicted molar refractivity (Wildman–Crippen MR) is 72.5 cm³/mol. The van der Waals surface area contributed by atoms with Crippen LogP contribution in [0.4, 0.5) is 0 Å². The summed E-state index contributed by atoms with van der Waals surface area (Å²) in [6, 6.07) is 10.1. The first-order valence-corrected chi connectivity index (χ1v) is 6.18. The summed E-state index contributed by atoms with van der Waals surface area (Å²) in [7, 11) is 0. The minimum absolute atomic E-state index is 0.0594. The van der Waals surface area contributed by atoms with Crippen LogP contribution < -0.4 is 5.73 Å². The average Bonchev–Trinajstić information content (AvgIpc) is 2.77. The molecule has 1 aromatic heterocycles. The Balaban J connectivity index is 2.24. The van der Waals surface area contributed by atoms with Gasteiger partial charge >= 0.3 is 0 Å². The summed E-state index contributed by atoms with van der Waals surface area (Å²) >= 11 is 0. The first-order valence-electron chi connectivity index (χ1n) is 6.18. The fraction of sp³-hybridized carbons (Fsp3) is 0.429. The van der Waals surface area contributed by atoms with Crippen LogP contribution in [-0.4, -0.2) is 20.8 Å². The van der Waals surface area contributed by atoms with Gasteiger partial charge in [0.15, 0.2) is 0 Å². The van der Waals surface area contributed by atoms with Gasteiger partial charge in [-0.15, -0.1) is 10.2 Å². The molecule has 0 bridgehead atoms.